The molecule has 0 radical (unpaired) electrons. The number of rotatable bonds is 6. The van der Waals surface area contributed by atoms with Crippen molar-refractivity contribution >= 4 is 44.9 Å². The fourth-order valence-electron chi connectivity index (χ4n) is 10.7. The van der Waals surface area contributed by atoms with Gasteiger partial charge in [-0.05, 0) is 136 Å². The van der Waals surface area contributed by atoms with E-state index < -0.39 is 5.41 Å². The molecule has 0 aliphatic heterocycles. The van der Waals surface area contributed by atoms with Crippen LogP contribution in [0.15, 0.2) is 212 Å². The molecular formula is C59H42N2. The molecule has 0 fully saturated rings. The molecule has 0 N–H and O–H groups in total. The van der Waals surface area contributed by atoms with E-state index in [4.69, 9.17) is 0 Å². The van der Waals surface area contributed by atoms with Gasteiger partial charge in [-0.2, -0.15) is 0 Å². The van der Waals surface area contributed by atoms with Crippen LogP contribution in [0.1, 0.15) is 40.3 Å². The number of fused-ring (bicyclic) bond motifs is 13. The highest BCUT2D eigenvalue weighted by Crippen LogP contribution is 2.63. The summed E-state index contributed by atoms with van der Waals surface area (Å²) in [7, 11) is 0. The van der Waals surface area contributed by atoms with Crippen LogP contribution in [-0.2, 0) is 5.41 Å². The van der Waals surface area contributed by atoms with Gasteiger partial charge in [0.05, 0.1) is 22.1 Å². The van der Waals surface area contributed by atoms with Crippen molar-refractivity contribution in [1.29, 1.82) is 0 Å². The van der Waals surface area contributed by atoms with Gasteiger partial charge < -0.3 is 9.47 Å². The highest BCUT2D eigenvalue weighted by molar-refractivity contribution is 6.10. The third-order valence-corrected chi connectivity index (χ3v) is 13.3. The Balaban J connectivity index is 1.04. The van der Waals surface area contributed by atoms with Gasteiger partial charge in [-0.3, -0.25) is 0 Å². The Kier molecular flexibility index (Phi) is 7.92. The lowest BCUT2D eigenvalue weighted by molar-refractivity contribution is 0.793. The maximum Gasteiger partial charge on any atom is 0.0726 e. The van der Waals surface area contributed by atoms with Crippen molar-refractivity contribution in [2.24, 2.45) is 0 Å². The molecule has 0 amide bonds. The summed E-state index contributed by atoms with van der Waals surface area (Å²) >= 11 is 0. The molecule has 0 atom stereocenters. The Morgan fingerprint density at radius 3 is 1.70 bits per heavy atom. The fourth-order valence-corrected chi connectivity index (χ4v) is 10.7. The van der Waals surface area contributed by atoms with Gasteiger partial charge in [0.2, 0.25) is 0 Å². The molecule has 0 bridgehead atoms. The molecule has 288 valence electrons. The molecule has 2 heteroatoms. The Labute approximate surface area is 356 Å². The van der Waals surface area contributed by atoms with Crippen LogP contribution in [0.3, 0.4) is 0 Å². The zero-order valence-corrected chi connectivity index (χ0v) is 34.2. The maximum atomic E-state index is 2.49. The van der Waals surface area contributed by atoms with Gasteiger partial charge >= 0.3 is 0 Å². The molecule has 0 saturated carbocycles. The molecule has 1 aromatic heterocycles. The van der Waals surface area contributed by atoms with E-state index in [9.17, 15) is 0 Å². The van der Waals surface area contributed by atoms with Crippen LogP contribution in [0.4, 0.5) is 17.1 Å². The molecular weight excluding hydrogens is 737 g/mol. The van der Waals surface area contributed by atoms with E-state index in [0.717, 1.165) is 17.1 Å². The van der Waals surface area contributed by atoms with Crippen molar-refractivity contribution in [1.82, 2.24) is 4.57 Å². The van der Waals surface area contributed by atoms with Crippen molar-refractivity contribution in [2.75, 3.05) is 4.90 Å². The average Bonchev–Trinajstić information content (AvgIpc) is 3.92. The minimum atomic E-state index is -0.425. The number of allylic oxidation sites excluding steroid dienone is 1. The van der Waals surface area contributed by atoms with Gasteiger partial charge in [-0.1, -0.05) is 158 Å². The SMILES string of the molecule is C/C=C\c1c(C)cccc1N(c1ccc(-c2ccc3c(c2)c2ccccc2n3-c2ccccc2)cc1)c1ccc2c(c1)C1(c3ccccc3-c3ccccc31)c1ccccc1-2. The fraction of sp³-hybridized carbons (Fsp3) is 0.0508. The first-order valence-corrected chi connectivity index (χ1v) is 21.3. The summed E-state index contributed by atoms with van der Waals surface area (Å²) < 4.78 is 2.38. The zero-order valence-electron chi connectivity index (χ0n) is 34.2. The molecule has 1 spiro atoms. The van der Waals surface area contributed by atoms with Gasteiger partial charge in [-0.25, -0.2) is 0 Å². The molecule has 2 aliphatic rings. The highest BCUT2D eigenvalue weighted by atomic mass is 15.1. The number of para-hydroxylation sites is 2. The van der Waals surface area contributed by atoms with Gasteiger partial charge in [0, 0.05) is 33.4 Å². The number of anilines is 3. The monoisotopic (exact) mass is 778 g/mol. The summed E-state index contributed by atoms with van der Waals surface area (Å²) in [6.07, 6.45) is 4.40. The number of hydrogen-bond donors (Lipinski definition) is 0. The largest absolute Gasteiger partial charge is 0.310 e. The summed E-state index contributed by atoms with van der Waals surface area (Å²) in [4.78, 5) is 2.46. The van der Waals surface area contributed by atoms with Crippen LogP contribution in [0.25, 0.3) is 66.9 Å². The molecule has 9 aromatic carbocycles. The van der Waals surface area contributed by atoms with Crippen molar-refractivity contribution in [3.63, 3.8) is 0 Å². The van der Waals surface area contributed by atoms with E-state index in [1.54, 1.807) is 0 Å². The topological polar surface area (TPSA) is 8.17 Å². The van der Waals surface area contributed by atoms with E-state index in [0.29, 0.717) is 0 Å². The van der Waals surface area contributed by atoms with Crippen LogP contribution >= 0.6 is 0 Å². The van der Waals surface area contributed by atoms with E-state index in [-0.39, 0.29) is 0 Å². The Morgan fingerprint density at radius 2 is 1.02 bits per heavy atom. The Morgan fingerprint density at radius 1 is 0.443 bits per heavy atom. The number of aromatic nitrogens is 1. The van der Waals surface area contributed by atoms with Crippen LogP contribution < -0.4 is 4.90 Å². The summed E-state index contributed by atoms with van der Waals surface area (Å²) in [5, 5.41) is 2.51. The third-order valence-electron chi connectivity index (χ3n) is 13.3. The summed E-state index contributed by atoms with van der Waals surface area (Å²) in [5.74, 6) is 0. The lowest BCUT2D eigenvalue weighted by Crippen LogP contribution is -2.26. The van der Waals surface area contributed by atoms with E-state index in [1.807, 2.05) is 0 Å². The van der Waals surface area contributed by atoms with E-state index in [1.165, 1.54) is 94.3 Å². The second kappa shape index (κ2) is 13.7. The van der Waals surface area contributed by atoms with E-state index in [2.05, 4.69) is 242 Å². The first-order chi connectivity index (χ1) is 30.1. The van der Waals surface area contributed by atoms with Crippen LogP contribution in [0, 0.1) is 6.92 Å². The quantitative estimate of drug-likeness (QED) is 0.163. The van der Waals surface area contributed by atoms with E-state index >= 15 is 0 Å². The smallest absolute Gasteiger partial charge is 0.0726 e. The predicted octanol–water partition coefficient (Wildman–Crippen LogP) is 15.6. The molecule has 2 aliphatic carbocycles. The first-order valence-electron chi connectivity index (χ1n) is 21.3. The van der Waals surface area contributed by atoms with Crippen molar-refractivity contribution in [3.05, 3.63) is 246 Å². The summed E-state index contributed by atoms with van der Waals surface area (Å²) in [6, 6.07) is 76.5. The first kappa shape index (κ1) is 35.3. The number of aryl methyl sites for hydroxylation is 1. The second-order valence-electron chi connectivity index (χ2n) is 16.4. The van der Waals surface area contributed by atoms with Gasteiger partial charge in [-0.15, -0.1) is 0 Å². The number of benzene rings is 9. The highest BCUT2D eigenvalue weighted by Gasteiger charge is 2.51. The minimum absolute atomic E-state index is 0.425. The maximum absolute atomic E-state index is 2.49. The number of nitrogens with zero attached hydrogens (tertiary/aromatic N) is 2. The van der Waals surface area contributed by atoms with Crippen LogP contribution in [0.2, 0.25) is 0 Å². The molecule has 12 rings (SSSR count). The number of hydrogen-bond acceptors (Lipinski definition) is 1. The normalized spacial score (nSPS) is 13.1. The Bertz CT molecular complexity index is 3320. The van der Waals surface area contributed by atoms with Gasteiger partial charge in [0.15, 0.2) is 0 Å². The molecule has 0 saturated heterocycles. The standard InChI is InChI=1S/C59H42N2/c1-3-16-45-39(2)17-15-28-56(45)60(43-32-29-40(30-33-43)41-31-36-58-51(37-41)50-23-10-14-27-57(50)61(58)42-18-5-4-6-19-42)44-34-35-49-48-22-9-13-26-54(48)59(55(49)38-44)52-24-11-7-20-46(52)47-21-8-12-25-53(47)59/h3-38H,1-2H3/b16-3-. The minimum Gasteiger partial charge on any atom is -0.310 e. The zero-order chi connectivity index (χ0) is 40.7. The molecule has 1 heterocycles. The average molecular weight is 779 g/mol. The molecule has 61 heavy (non-hydrogen) atoms. The second-order valence-corrected chi connectivity index (χ2v) is 16.4. The Hall–Kier alpha value is -7.68. The molecule has 10 aromatic rings. The summed E-state index contributed by atoms with van der Waals surface area (Å²) in [6.45, 7) is 4.32. The summed E-state index contributed by atoms with van der Waals surface area (Å²) in [5.41, 5.74) is 22.0. The van der Waals surface area contributed by atoms with Crippen LogP contribution in [0.5, 0.6) is 0 Å². The molecule has 0 unspecified atom stereocenters. The third kappa shape index (κ3) is 5.09. The predicted molar refractivity (Wildman–Crippen MR) is 257 cm³/mol. The van der Waals surface area contributed by atoms with Crippen molar-refractivity contribution in [3.8, 4) is 39.1 Å². The lowest BCUT2D eigenvalue weighted by atomic mass is 9.70. The molecule has 2 nitrogen and oxygen atoms in total. The van der Waals surface area contributed by atoms with Gasteiger partial charge in [0.1, 0.15) is 0 Å². The van der Waals surface area contributed by atoms with Crippen molar-refractivity contribution in [2.45, 2.75) is 19.3 Å². The van der Waals surface area contributed by atoms with Crippen LogP contribution in [-0.4, -0.2) is 4.57 Å². The van der Waals surface area contributed by atoms with Gasteiger partial charge in [0.25, 0.3) is 0 Å². The van der Waals surface area contributed by atoms with Crippen molar-refractivity contribution < 1.29 is 0 Å². The lowest BCUT2D eigenvalue weighted by Gasteiger charge is -2.32.